The van der Waals surface area contributed by atoms with Crippen LogP contribution < -0.4 is 0 Å². The molecule has 3 rings (SSSR count). The number of carbonyl (C=O) groups is 1. The second-order valence-electron chi connectivity index (χ2n) is 6.38. The highest BCUT2D eigenvalue weighted by Gasteiger charge is 2.33. The van der Waals surface area contributed by atoms with E-state index in [4.69, 9.17) is 0 Å². The van der Waals surface area contributed by atoms with Crippen molar-refractivity contribution in [1.82, 2.24) is 4.31 Å². The van der Waals surface area contributed by atoms with Crippen LogP contribution in [0.2, 0.25) is 0 Å². The van der Waals surface area contributed by atoms with Crippen molar-refractivity contribution in [3.05, 3.63) is 28.8 Å². The standard InChI is InChI=1S/C16H21NO4S/c1-11-4-3-7-17(10-11)22(20,21)15-9-13(16(18)19)8-12-5-2-6-14(12)15/h8-9,11H,2-7,10H2,1H3,(H,18,19). The summed E-state index contributed by atoms with van der Waals surface area (Å²) in [5.41, 5.74) is 1.77. The Kier molecular flexibility index (Phi) is 3.99. The van der Waals surface area contributed by atoms with Gasteiger partial charge in [-0.3, -0.25) is 0 Å². The molecule has 0 spiro atoms. The van der Waals surface area contributed by atoms with Gasteiger partial charge in [-0.05, 0) is 61.3 Å². The second-order valence-corrected chi connectivity index (χ2v) is 8.29. The lowest BCUT2D eigenvalue weighted by Gasteiger charge is -2.30. The van der Waals surface area contributed by atoms with Crippen LogP contribution in [0.5, 0.6) is 0 Å². The minimum atomic E-state index is -3.61. The molecule has 2 aliphatic rings. The molecule has 120 valence electrons. The van der Waals surface area contributed by atoms with E-state index in [0.717, 1.165) is 36.8 Å². The van der Waals surface area contributed by atoms with Gasteiger partial charge in [-0.1, -0.05) is 6.92 Å². The highest BCUT2D eigenvalue weighted by atomic mass is 32.2. The number of benzene rings is 1. The van der Waals surface area contributed by atoms with E-state index >= 15 is 0 Å². The number of piperidine rings is 1. The predicted octanol–water partition coefficient (Wildman–Crippen LogP) is 2.29. The van der Waals surface area contributed by atoms with Gasteiger partial charge in [-0.15, -0.1) is 0 Å². The normalized spacial score (nSPS) is 22.5. The number of sulfonamides is 1. The van der Waals surface area contributed by atoms with Crippen LogP contribution in [-0.2, 0) is 22.9 Å². The number of aromatic carboxylic acids is 1. The van der Waals surface area contributed by atoms with Crippen molar-refractivity contribution < 1.29 is 18.3 Å². The molecule has 1 heterocycles. The zero-order valence-corrected chi connectivity index (χ0v) is 13.5. The van der Waals surface area contributed by atoms with Crippen molar-refractivity contribution in [3.63, 3.8) is 0 Å². The van der Waals surface area contributed by atoms with Gasteiger partial charge in [0.15, 0.2) is 0 Å². The molecule has 1 N–H and O–H groups in total. The molecule has 1 saturated heterocycles. The second kappa shape index (κ2) is 5.66. The molecular formula is C16H21NO4S. The maximum absolute atomic E-state index is 13.0. The minimum absolute atomic E-state index is 0.0734. The van der Waals surface area contributed by atoms with Gasteiger partial charge in [0.25, 0.3) is 0 Å². The Hall–Kier alpha value is -1.40. The van der Waals surface area contributed by atoms with Gasteiger partial charge in [0.2, 0.25) is 10.0 Å². The Labute approximate surface area is 131 Å². The average Bonchev–Trinajstić information content (AvgIpc) is 2.94. The van der Waals surface area contributed by atoms with E-state index < -0.39 is 16.0 Å². The van der Waals surface area contributed by atoms with Crippen molar-refractivity contribution in [2.45, 2.75) is 43.9 Å². The molecule has 1 aliphatic carbocycles. The third-order valence-electron chi connectivity index (χ3n) is 4.66. The van der Waals surface area contributed by atoms with Crippen molar-refractivity contribution in [3.8, 4) is 0 Å². The van der Waals surface area contributed by atoms with Crippen LogP contribution in [0.3, 0.4) is 0 Å². The summed E-state index contributed by atoms with van der Waals surface area (Å²) < 4.78 is 27.5. The zero-order valence-electron chi connectivity index (χ0n) is 12.7. The van der Waals surface area contributed by atoms with Gasteiger partial charge < -0.3 is 5.11 Å². The van der Waals surface area contributed by atoms with E-state index in [1.807, 2.05) is 0 Å². The Morgan fingerprint density at radius 3 is 2.73 bits per heavy atom. The van der Waals surface area contributed by atoms with E-state index in [1.54, 1.807) is 6.07 Å². The topological polar surface area (TPSA) is 74.7 Å². The fourth-order valence-corrected chi connectivity index (χ4v) is 5.44. The smallest absolute Gasteiger partial charge is 0.335 e. The van der Waals surface area contributed by atoms with Crippen molar-refractivity contribution >= 4 is 16.0 Å². The van der Waals surface area contributed by atoms with Gasteiger partial charge in [0.05, 0.1) is 10.5 Å². The van der Waals surface area contributed by atoms with Crippen LogP contribution in [0.25, 0.3) is 0 Å². The first-order valence-corrected chi connectivity index (χ1v) is 9.23. The van der Waals surface area contributed by atoms with Crippen molar-refractivity contribution in [2.75, 3.05) is 13.1 Å². The molecule has 5 nitrogen and oxygen atoms in total. The number of carboxylic acid groups (broad SMARTS) is 1. The molecule has 1 atom stereocenters. The highest BCUT2D eigenvalue weighted by Crippen LogP contribution is 2.33. The van der Waals surface area contributed by atoms with Crippen LogP contribution >= 0.6 is 0 Å². The van der Waals surface area contributed by atoms with Crippen LogP contribution in [0.1, 0.15) is 47.7 Å². The molecule has 6 heteroatoms. The largest absolute Gasteiger partial charge is 0.478 e. The number of nitrogens with zero attached hydrogens (tertiary/aromatic N) is 1. The number of fused-ring (bicyclic) bond motifs is 1. The summed E-state index contributed by atoms with van der Waals surface area (Å²) in [7, 11) is -3.61. The number of aryl methyl sites for hydroxylation is 1. The van der Waals surface area contributed by atoms with Gasteiger partial charge >= 0.3 is 5.97 Å². The van der Waals surface area contributed by atoms with E-state index in [1.165, 1.54) is 10.4 Å². The summed E-state index contributed by atoms with van der Waals surface area (Å²) in [6.45, 7) is 3.10. The quantitative estimate of drug-likeness (QED) is 0.926. The molecule has 0 saturated carbocycles. The van der Waals surface area contributed by atoms with Crippen LogP contribution in [-0.4, -0.2) is 36.9 Å². The van der Waals surface area contributed by atoms with E-state index in [9.17, 15) is 18.3 Å². The first-order chi connectivity index (χ1) is 10.4. The van der Waals surface area contributed by atoms with Gasteiger partial charge in [0.1, 0.15) is 0 Å². The molecule has 1 aromatic carbocycles. The predicted molar refractivity (Wildman–Crippen MR) is 82.6 cm³/mol. The third kappa shape index (κ3) is 2.65. The summed E-state index contributed by atoms with van der Waals surface area (Å²) in [5.74, 6) is -0.725. The molecule has 0 radical (unpaired) electrons. The Balaban J connectivity index is 2.08. The molecule has 1 aliphatic heterocycles. The van der Waals surface area contributed by atoms with Crippen molar-refractivity contribution in [1.29, 1.82) is 0 Å². The molecule has 0 amide bonds. The fourth-order valence-electron chi connectivity index (χ4n) is 3.52. The van der Waals surface area contributed by atoms with Crippen LogP contribution in [0.4, 0.5) is 0 Å². The lowest BCUT2D eigenvalue weighted by molar-refractivity contribution is 0.0696. The molecule has 0 aromatic heterocycles. The van der Waals surface area contributed by atoms with Crippen LogP contribution in [0.15, 0.2) is 17.0 Å². The monoisotopic (exact) mass is 323 g/mol. The van der Waals surface area contributed by atoms with Crippen LogP contribution in [0, 0.1) is 5.92 Å². The maximum atomic E-state index is 13.0. The van der Waals surface area contributed by atoms with Gasteiger partial charge in [-0.25, -0.2) is 13.2 Å². The zero-order chi connectivity index (χ0) is 15.9. The molecule has 0 bridgehead atoms. The summed E-state index contributed by atoms with van der Waals surface area (Å²) in [4.78, 5) is 11.5. The van der Waals surface area contributed by atoms with Crippen molar-refractivity contribution in [2.24, 2.45) is 5.92 Å². The third-order valence-corrected chi connectivity index (χ3v) is 6.59. The lowest BCUT2D eigenvalue weighted by Crippen LogP contribution is -2.39. The first kappa shape index (κ1) is 15.5. The van der Waals surface area contributed by atoms with E-state index in [-0.39, 0.29) is 10.5 Å². The molecule has 1 unspecified atom stereocenters. The molecule has 22 heavy (non-hydrogen) atoms. The SMILES string of the molecule is CC1CCCN(S(=O)(=O)c2cc(C(=O)O)cc3c2CCC3)C1. The Morgan fingerprint density at radius 1 is 1.27 bits per heavy atom. The fraction of sp³-hybridized carbons (Fsp3) is 0.562. The molecular weight excluding hydrogens is 302 g/mol. The summed E-state index contributed by atoms with van der Waals surface area (Å²) in [5, 5.41) is 9.25. The van der Waals surface area contributed by atoms with Gasteiger partial charge in [0, 0.05) is 13.1 Å². The average molecular weight is 323 g/mol. The summed E-state index contributed by atoms with van der Waals surface area (Å²) in [6, 6.07) is 2.98. The molecule has 1 fully saturated rings. The first-order valence-electron chi connectivity index (χ1n) is 7.79. The van der Waals surface area contributed by atoms with E-state index in [0.29, 0.717) is 25.4 Å². The number of hydrogen-bond acceptors (Lipinski definition) is 3. The Morgan fingerprint density at radius 2 is 2.05 bits per heavy atom. The maximum Gasteiger partial charge on any atom is 0.335 e. The number of carboxylic acids is 1. The number of rotatable bonds is 3. The summed E-state index contributed by atoms with van der Waals surface area (Å²) in [6.07, 6.45) is 4.26. The summed E-state index contributed by atoms with van der Waals surface area (Å²) >= 11 is 0. The van der Waals surface area contributed by atoms with Gasteiger partial charge in [-0.2, -0.15) is 4.31 Å². The molecule has 1 aromatic rings. The minimum Gasteiger partial charge on any atom is -0.478 e. The number of hydrogen-bond donors (Lipinski definition) is 1. The Bertz CT molecular complexity index is 711. The highest BCUT2D eigenvalue weighted by molar-refractivity contribution is 7.89. The lowest BCUT2D eigenvalue weighted by atomic mass is 10.0. The van der Waals surface area contributed by atoms with E-state index in [2.05, 4.69) is 6.92 Å².